The number of nitriles is 1. The molecular weight excluding hydrogens is 238 g/mol. The van der Waals surface area contributed by atoms with E-state index in [1.165, 1.54) is 0 Å². The van der Waals surface area contributed by atoms with Crippen LogP contribution in [0.1, 0.15) is 11.1 Å². The molecule has 0 aliphatic carbocycles. The zero-order valence-electron chi connectivity index (χ0n) is 11.2. The predicted molar refractivity (Wildman–Crippen MR) is 74.4 cm³/mol. The first kappa shape index (κ1) is 13.0. The third kappa shape index (κ3) is 2.38. The smallest absolute Gasteiger partial charge is 0.168 e. The van der Waals surface area contributed by atoms with Crippen LogP contribution < -0.4 is 9.47 Å². The Labute approximate surface area is 113 Å². The Morgan fingerprint density at radius 3 is 2.47 bits per heavy atom. The van der Waals surface area contributed by atoms with Gasteiger partial charge < -0.3 is 9.47 Å². The standard InChI is InChI=1S/C16H15NO2/c1-11-7-8-12(9-13(11)10-17)14-5-4-6-15(18-2)16(14)19-3/h4-9H,1-3H3. The summed E-state index contributed by atoms with van der Waals surface area (Å²) in [6.07, 6.45) is 0. The molecule has 0 amide bonds. The molecule has 2 rings (SSSR count). The minimum absolute atomic E-state index is 0.669. The van der Waals surface area contributed by atoms with E-state index in [0.717, 1.165) is 16.7 Å². The molecule has 0 saturated carbocycles. The van der Waals surface area contributed by atoms with Crippen molar-refractivity contribution < 1.29 is 9.47 Å². The molecule has 3 heteroatoms. The molecule has 0 spiro atoms. The number of ether oxygens (including phenoxy) is 2. The van der Waals surface area contributed by atoms with E-state index in [1.54, 1.807) is 14.2 Å². The summed E-state index contributed by atoms with van der Waals surface area (Å²) in [6.45, 7) is 1.92. The van der Waals surface area contributed by atoms with Gasteiger partial charge in [0.15, 0.2) is 11.5 Å². The molecule has 19 heavy (non-hydrogen) atoms. The van der Waals surface area contributed by atoms with Crippen LogP contribution in [0.15, 0.2) is 36.4 Å². The fourth-order valence-corrected chi connectivity index (χ4v) is 2.02. The molecule has 0 aliphatic rings. The maximum Gasteiger partial charge on any atom is 0.168 e. The number of hydrogen-bond donors (Lipinski definition) is 0. The minimum Gasteiger partial charge on any atom is -0.493 e. The SMILES string of the molecule is COc1cccc(-c2ccc(C)c(C#N)c2)c1OC. The molecule has 0 heterocycles. The zero-order chi connectivity index (χ0) is 13.8. The van der Waals surface area contributed by atoms with Gasteiger partial charge in [-0.15, -0.1) is 0 Å². The maximum atomic E-state index is 9.11. The van der Waals surface area contributed by atoms with Gasteiger partial charge in [-0.05, 0) is 30.2 Å². The highest BCUT2D eigenvalue weighted by atomic mass is 16.5. The van der Waals surface area contributed by atoms with Gasteiger partial charge in [0.05, 0.1) is 25.9 Å². The minimum atomic E-state index is 0.669. The Balaban J connectivity index is 2.62. The van der Waals surface area contributed by atoms with Crippen molar-refractivity contribution in [3.05, 3.63) is 47.5 Å². The fourth-order valence-electron chi connectivity index (χ4n) is 2.02. The monoisotopic (exact) mass is 253 g/mol. The zero-order valence-corrected chi connectivity index (χ0v) is 11.2. The first-order valence-electron chi connectivity index (χ1n) is 5.93. The lowest BCUT2D eigenvalue weighted by Gasteiger charge is -2.13. The van der Waals surface area contributed by atoms with Crippen LogP contribution in [0, 0.1) is 18.3 Å². The average Bonchev–Trinajstić information content (AvgIpc) is 2.46. The second kappa shape index (κ2) is 5.45. The van der Waals surface area contributed by atoms with Gasteiger partial charge in [0.2, 0.25) is 0 Å². The summed E-state index contributed by atoms with van der Waals surface area (Å²) in [5.41, 5.74) is 3.49. The first-order valence-corrected chi connectivity index (χ1v) is 5.93. The molecule has 0 saturated heterocycles. The summed E-state index contributed by atoms with van der Waals surface area (Å²) in [4.78, 5) is 0. The van der Waals surface area contributed by atoms with Gasteiger partial charge in [-0.2, -0.15) is 5.26 Å². The molecule has 2 aromatic carbocycles. The van der Waals surface area contributed by atoms with Crippen molar-refractivity contribution in [2.45, 2.75) is 6.92 Å². The van der Waals surface area contributed by atoms with Crippen LogP contribution >= 0.6 is 0 Å². The Morgan fingerprint density at radius 2 is 1.84 bits per heavy atom. The molecule has 0 radical (unpaired) electrons. The van der Waals surface area contributed by atoms with Gasteiger partial charge in [0, 0.05) is 5.56 Å². The van der Waals surface area contributed by atoms with Gasteiger partial charge in [0.25, 0.3) is 0 Å². The van der Waals surface area contributed by atoms with E-state index >= 15 is 0 Å². The predicted octanol–water partition coefficient (Wildman–Crippen LogP) is 3.55. The van der Waals surface area contributed by atoms with Crippen LogP contribution in [0.5, 0.6) is 11.5 Å². The third-order valence-corrected chi connectivity index (χ3v) is 3.07. The summed E-state index contributed by atoms with van der Waals surface area (Å²) in [5.74, 6) is 1.36. The van der Waals surface area contributed by atoms with Gasteiger partial charge in [-0.3, -0.25) is 0 Å². The number of hydrogen-bond acceptors (Lipinski definition) is 3. The van der Waals surface area contributed by atoms with Crippen LogP contribution in [-0.4, -0.2) is 14.2 Å². The summed E-state index contributed by atoms with van der Waals surface area (Å²) >= 11 is 0. The largest absolute Gasteiger partial charge is 0.493 e. The molecule has 0 atom stereocenters. The summed E-state index contributed by atoms with van der Waals surface area (Å²) < 4.78 is 10.7. The lowest BCUT2D eigenvalue weighted by atomic mass is 9.99. The highest BCUT2D eigenvalue weighted by molar-refractivity contribution is 5.75. The average molecular weight is 253 g/mol. The molecule has 0 aromatic heterocycles. The van der Waals surface area contributed by atoms with Gasteiger partial charge in [-0.25, -0.2) is 0 Å². The van der Waals surface area contributed by atoms with E-state index < -0.39 is 0 Å². The van der Waals surface area contributed by atoms with Crippen molar-refractivity contribution in [2.24, 2.45) is 0 Å². The number of aryl methyl sites for hydroxylation is 1. The highest BCUT2D eigenvalue weighted by Crippen LogP contribution is 2.38. The number of benzene rings is 2. The second-order valence-corrected chi connectivity index (χ2v) is 4.18. The Morgan fingerprint density at radius 1 is 1.05 bits per heavy atom. The van der Waals surface area contributed by atoms with Gasteiger partial charge >= 0.3 is 0 Å². The van der Waals surface area contributed by atoms with Crippen LogP contribution in [0.3, 0.4) is 0 Å². The van der Waals surface area contributed by atoms with Crippen LogP contribution in [0.25, 0.3) is 11.1 Å². The van der Waals surface area contributed by atoms with Crippen LogP contribution in [0.2, 0.25) is 0 Å². The van der Waals surface area contributed by atoms with Crippen molar-refractivity contribution in [3.63, 3.8) is 0 Å². The third-order valence-electron chi connectivity index (χ3n) is 3.07. The van der Waals surface area contributed by atoms with E-state index in [0.29, 0.717) is 17.1 Å². The van der Waals surface area contributed by atoms with E-state index in [1.807, 2.05) is 43.3 Å². The highest BCUT2D eigenvalue weighted by Gasteiger charge is 2.12. The number of nitrogens with zero attached hydrogens (tertiary/aromatic N) is 1. The molecule has 0 aliphatic heterocycles. The lowest BCUT2D eigenvalue weighted by Crippen LogP contribution is -1.93. The molecule has 0 unspecified atom stereocenters. The lowest BCUT2D eigenvalue weighted by molar-refractivity contribution is 0.356. The molecule has 2 aromatic rings. The Hall–Kier alpha value is -2.47. The second-order valence-electron chi connectivity index (χ2n) is 4.18. The topological polar surface area (TPSA) is 42.2 Å². The van der Waals surface area contributed by atoms with E-state index in [4.69, 9.17) is 14.7 Å². The molecule has 0 bridgehead atoms. The quantitative estimate of drug-likeness (QED) is 0.840. The first-order chi connectivity index (χ1) is 9.21. The van der Waals surface area contributed by atoms with Crippen molar-refractivity contribution in [2.75, 3.05) is 14.2 Å². The number of methoxy groups -OCH3 is 2. The Kier molecular flexibility index (Phi) is 3.72. The number of rotatable bonds is 3. The normalized spacial score (nSPS) is 9.79. The van der Waals surface area contributed by atoms with Gasteiger partial charge in [-0.1, -0.05) is 24.3 Å². The van der Waals surface area contributed by atoms with Crippen molar-refractivity contribution in [1.29, 1.82) is 5.26 Å². The Bertz CT molecular complexity index is 642. The molecule has 96 valence electrons. The van der Waals surface area contributed by atoms with Crippen LogP contribution in [-0.2, 0) is 0 Å². The van der Waals surface area contributed by atoms with Crippen molar-refractivity contribution >= 4 is 0 Å². The molecular formula is C16H15NO2. The van der Waals surface area contributed by atoms with Crippen LogP contribution in [0.4, 0.5) is 0 Å². The summed E-state index contributed by atoms with van der Waals surface area (Å²) in [5, 5.41) is 9.11. The summed E-state index contributed by atoms with van der Waals surface area (Å²) in [6, 6.07) is 13.7. The van der Waals surface area contributed by atoms with E-state index in [2.05, 4.69) is 6.07 Å². The molecule has 0 N–H and O–H groups in total. The van der Waals surface area contributed by atoms with E-state index in [-0.39, 0.29) is 0 Å². The number of para-hydroxylation sites is 1. The molecule has 0 fully saturated rings. The maximum absolute atomic E-state index is 9.11. The molecule has 3 nitrogen and oxygen atoms in total. The van der Waals surface area contributed by atoms with E-state index in [9.17, 15) is 0 Å². The van der Waals surface area contributed by atoms with Crippen molar-refractivity contribution in [1.82, 2.24) is 0 Å². The van der Waals surface area contributed by atoms with Gasteiger partial charge in [0.1, 0.15) is 0 Å². The summed E-state index contributed by atoms with van der Waals surface area (Å²) in [7, 11) is 3.22. The fraction of sp³-hybridized carbons (Fsp3) is 0.188. The van der Waals surface area contributed by atoms with Crippen molar-refractivity contribution in [3.8, 4) is 28.7 Å².